The van der Waals surface area contributed by atoms with Gasteiger partial charge in [-0.2, -0.15) is 4.31 Å². The number of benzene rings is 1. The fourth-order valence-corrected chi connectivity index (χ4v) is 6.26. The SMILES string of the molecule is Cc1cc2c(o1)CC(C)(C)CC2NC(=O)NCc1ccc(S(=O)(=O)N2CCCCC2)cc1. The molecule has 8 heteroatoms. The highest BCUT2D eigenvalue weighted by Gasteiger charge is 2.35. The Balaban J connectivity index is 1.35. The number of aryl methyl sites for hydroxylation is 1. The summed E-state index contributed by atoms with van der Waals surface area (Å²) >= 11 is 0. The van der Waals surface area contributed by atoms with Crippen LogP contribution in [0, 0.1) is 12.3 Å². The first-order valence-electron chi connectivity index (χ1n) is 11.4. The predicted octanol–water partition coefficient (Wildman–Crippen LogP) is 4.28. The standard InChI is InChI=1S/C24H33N3O4S/c1-17-13-20-21(14-24(2,3)15-22(20)31-17)26-23(28)25-16-18-7-9-19(10-8-18)32(29,30)27-11-5-4-6-12-27/h7-10,13,21H,4-6,11-12,14-16H2,1-3H3,(H2,25,26,28). The first-order valence-corrected chi connectivity index (χ1v) is 12.8. The minimum Gasteiger partial charge on any atom is -0.466 e. The maximum atomic E-state index is 12.8. The van der Waals surface area contributed by atoms with Crippen LogP contribution in [0.3, 0.4) is 0 Å². The van der Waals surface area contributed by atoms with Gasteiger partial charge in [0, 0.05) is 31.6 Å². The molecule has 2 aromatic rings. The fourth-order valence-electron chi connectivity index (χ4n) is 4.74. The van der Waals surface area contributed by atoms with E-state index in [1.54, 1.807) is 28.6 Å². The van der Waals surface area contributed by atoms with Crippen molar-refractivity contribution in [2.24, 2.45) is 5.41 Å². The van der Waals surface area contributed by atoms with Crippen molar-refractivity contribution in [2.45, 2.75) is 70.4 Å². The maximum Gasteiger partial charge on any atom is 0.315 e. The summed E-state index contributed by atoms with van der Waals surface area (Å²) in [5.41, 5.74) is 1.95. The van der Waals surface area contributed by atoms with Crippen LogP contribution < -0.4 is 10.6 Å². The largest absolute Gasteiger partial charge is 0.466 e. The highest BCUT2D eigenvalue weighted by Crippen LogP contribution is 2.41. The van der Waals surface area contributed by atoms with E-state index in [2.05, 4.69) is 24.5 Å². The Morgan fingerprint density at radius 3 is 2.53 bits per heavy atom. The van der Waals surface area contributed by atoms with Gasteiger partial charge >= 0.3 is 6.03 Å². The second-order valence-corrected chi connectivity index (χ2v) is 11.7. The number of furan rings is 1. The van der Waals surface area contributed by atoms with Gasteiger partial charge < -0.3 is 15.1 Å². The molecule has 0 spiro atoms. The van der Waals surface area contributed by atoms with Crippen molar-refractivity contribution in [3.63, 3.8) is 0 Å². The fraction of sp³-hybridized carbons (Fsp3) is 0.542. The van der Waals surface area contributed by atoms with E-state index < -0.39 is 10.0 Å². The molecular weight excluding hydrogens is 426 g/mol. The topological polar surface area (TPSA) is 91.6 Å². The smallest absolute Gasteiger partial charge is 0.315 e. The number of sulfonamides is 1. The van der Waals surface area contributed by atoms with Crippen LogP contribution >= 0.6 is 0 Å². The van der Waals surface area contributed by atoms with E-state index in [1.807, 2.05) is 13.0 Å². The molecule has 32 heavy (non-hydrogen) atoms. The average Bonchev–Trinajstić information content (AvgIpc) is 3.12. The summed E-state index contributed by atoms with van der Waals surface area (Å²) in [6.45, 7) is 7.78. The summed E-state index contributed by atoms with van der Waals surface area (Å²) in [5, 5.41) is 5.97. The molecule has 174 valence electrons. The molecule has 2 N–H and O–H groups in total. The lowest BCUT2D eigenvalue weighted by Gasteiger charge is -2.34. The molecule has 0 bridgehead atoms. The second kappa shape index (κ2) is 8.90. The molecule has 2 heterocycles. The Morgan fingerprint density at radius 2 is 1.84 bits per heavy atom. The monoisotopic (exact) mass is 459 g/mol. The highest BCUT2D eigenvalue weighted by molar-refractivity contribution is 7.89. The number of urea groups is 1. The third-order valence-electron chi connectivity index (χ3n) is 6.37. The van der Waals surface area contributed by atoms with Gasteiger partial charge in [-0.25, -0.2) is 13.2 Å². The zero-order valence-corrected chi connectivity index (χ0v) is 19.9. The molecule has 1 unspecified atom stereocenters. The number of hydrogen-bond acceptors (Lipinski definition) is 4. The molecule has 1 aromatic carbocycles. The molecule has 4 rings (SSSR count). The van der Waals surface area contributed by atoms with Crippen molar-refractivity contribution < 1.29 is 17.6 Å². The molecule has 2 aliphatic rings. The van der Waals surface area contributed by atoms with Crippen LogP contribution in [0.15, 0.2) is 39.6 Å². The molecule has 0 saturated carbocycles. The van der Waals surface area contributed by atoms with E-state index in [0.29, 0.717) is 24.5 Å². The van der Waals surface area contributed by atoms with E-state index in [1.165, 1.54) is 0 Å². The number of carbonyl (C=O) groups is 1. The molecule has 0 radical (unpaired) electrons. The van der Waals surface area contributed by atoms with Gasteiger partial charge in [-0.1, -0.05) is 32.4 Å². The number of nitrogens with zero attached hydrogens (tertiary/aromatic N) is 1. The predicted molar refractivity (Wildman–Crippen MR) is 123 cm³/mol. The van der Waals surface area contributed by atoms with Gasteiger partial charge in [0.1, 0.15) is 11.5 Å². The Hall–Kier alpha value is -2.32. The van der Waals surface area contributed by atoms with Crippen LogP contribution in [-0.2, 0) is 23.0 Å². The van der Waals surface area contributed by atoms with Crippen LogP contribution in [0.2, 0.25) is 0 Å². The van der Waals surface area contributed by atoms with Gasteiger partial charge in [0.05, 0.1) is 10.9 Å². The Bertz CT molecular complexity index is 1070. The summed E-state index contributed by atoms with van der Waals surface area (Å²) in [6.07, 6.45) is 4.61. The average molecular weight is 460 g/mol. The molecule has 1 saturated heterocycles. The van der Waals surface area contributed by atoms with Crippen LogP contribution in [0.5, 0.6) is 0 Å². The number of hydrogen-bond donors (Lipinski definition) is 2. The number of piperidine rings is 1. The highest BCUT2D eigenvalue weighted by atomic mass is 32.2. The van der Waals surface area contributed by atoms with Crippen LogP contribution in [0.25, 0.3) is 0 Å². The summed E-state index contributed by atoms with van der Waals surface area (Å²) < 4.78 is 33.0. The van der Waals surface area contributed by atoms with Crippen molar-refractivity contribution in [1.82, 2.24) is 14.9 Å². The minimum atomic E-state index is -3.44. The third-order valence-corrected chi connectivity index (χ3v) is 8.28. The van der Waals surface area contributed by atoms with Crippen molar-refractivity contribution >= 4 is 16.1 Å². The zero-order valence-electron chi connectivity index (χ0n) is 19.1. The molecule has 1 aliphatic carbocycles. The van der Waals surface area contributed by atoms with E-state index >= 15 is 0 Å². The van der Waals surface area contributed by atoms with Crippen molar-refractivity contribution in [1.29, 1.82) is 0 Å². The lowest BCUT2D eigenvalue weighted by molar-refractivity contribution is 0.214. The summed E-state index contributed by atoms with van der Waals surface area (Å²) in [6, 6.07) is 8.45. The number of carbonyl (C=O) groups excluding carboxylic acids is 1. The van der Waals surface area contributed by atoms with Crippen molar-refractivity contribution in [2.75, 3.05) is 13.1 Å². The molecule has 1 atom stereocenters. The number of amides is 2. The molecule has 7 nitrogen and oxygen atoms in total. The number of rotatable bonds is 5. The van der Waals surface area contributed by atoms with Gasteiger partial charge in [0.2, 0.25) is 10.0 Å². The Kier molecular flexibility index (Phi) is 6.36. The lowest BCUT2D eigenvalue weighted by atomic mass is 9.75. The molecule has 1 aromatic heterocycles. The maximum absolute atomic E-state index is 12.8. The van der Waals surface area contributed by atoms with Crippen LogP contribution in [0.1, 0.15) is 68.2 Å². The Labute approximate surface area is 190 Å². The quantitative estimate of drug-likeness (QED) is 0.698. The normalized spacial score (nSPS) is 21.0. The van der Waals surface area contributed by atoms with Crippen molar-refractivity contribution in [3.8, 4) is 0 Å². The zero-order chi connectivity index (χ0) is 22.9. The summed E-state index contributed by atoms with van der Waals surface area (Å²) in [4.78, 5) is 12.9. The van der Waals surface area contributed by atoms with Gasteiger partial charge in [-0.15, -0.1) is 0 Å². The minimum absolute atomic E-state index is 0.0465. The van der Waals surface area contributed by atoms with Gasteiger partial charge in [-0.05, 0) is 55.4 Å². The molecular formula is C24H33N3O4S. The van der Waals surface area contributed by atoms with Crippen LogP contribution in [-0.4, -0.2) is 31.8 Å². The summed E-state index contributed by atoms with van der Waals surface area (Å²) in [5.74, 6) is 1.81. The first kappa shape index (κ1) is 22.9. The van der Waals surface area contributed by atoms with E-state index in [9.17, 15) is 13.2 Å². The number of fused-ring (bicyclic) bond motifs is 1. The van der Waals surface area contributed by atoms with E-state index in [-0.39, 0.29) is 17.5 Å². The van der Waals surface area contributed by atoms with Gasteiger partial charge in [-0.3, -0.25) is 0 Å². The van der Waals surface area contributed by atoms with E-state index in [0.717, 1.165) is 54.8 Å². The van der Waals surface area contributed by atoms with Gasteiger partial charge in [0.15, 0.2) is 0 Å². The lowest BCUT2D eigenvalue weighted by Crippen LogP contribution is -2.41. The Morgan fingerprint density at radius 1 is 1.16 bits per heavy atom. The second-order valence-electron chi connectivity index (χ2n) is 9.77. The molecule has 2 amide bonds. The number of nitrogens with one attached hydrogen (secondary N) is 2. The molecule has 1 aliphatic heterocycles. The molecule has 1 fully saturated rings. The van der Waals surface area contributed by atoms with Gasteiger partial charge in [0.25, 0.3) is 0 Å². The third kappa shape index (κ3) is 5.02. The van der Waals surface area contributed by atoms with E-state index in [4.69, 9.17) is 4.42 Å². The van der Waals surface area contributed by atoms with Crippen molar-refractivity contribution in [3.05, 3.63) is 53.0 Å². The first-order chi connectivity index (χ1) is 15.1. The summed E-state index contributed by atoms with van der Waals surface area (Å²) in [7, 11) is -3.44. The van der Waals surface area contributed by atoms with Crippen LogP contribution in [0.4, 0.5) is 4.79 Å².